The van der Waals surface area contributed by atoms with Crippen molar-refractivity contribution in [3.05, 3.63) is 0 Å². The molecule has 0 aliphatic carbocycles. The number of hydrogen-bond donors (Lipinski definition) is 0. The smallest absolute Gasteiger partial charge is 0.411 e. The molecule has 0 spiro atoms. The number of rotatable bonds is 6. The summed E-state index contributed by atoms with van der Waals surface area (Å²) in [5.74, 6) is 0.100. The first-order chi connectivity index (χ1) is 10.3. The Morgan fingerprint density at radius 2 is 2.00 bits per heavy atom. The minimum atomic E-state index is -1.58. The first-order valence-corrected chi connectivity index (χ1v) is 11.7. The van der Waals surface area contributed by atoms with Gasteiger partial charge in [-0.25, -0.2) is 4.79 Å². The molecule has 2 rings (SSSR count). The number of ketones is 1. The average molecular weight is 329 g/mol. The summed E-state index contributed by atoms with van der Waals surface area (Å²) in [5, 5.41) is 0. The monoisotopic (exact) mass is 329 g/mol. The SMILES string of the molecule is CCOC(=O)N1[C@H]([C@H]2COCO2)[C@@]1(C[Si](C)(C)C)C(=O)CC. The molecule has 2 aliphatic heterocycles. The van der Waals surface area contributed by atoms with Gasteiger partial charge in [0, 0.05) is 14.5 Å². The van der Waals surface area contributed by atoms with Gasteiger partial charge >= 0.3 is 6.09 Å². The molecule has 22 heavy (non-hydrogen) atoms. The highest BCUT2D eigenvalue weighted by atomic mass is 28.3. The van der Waals surface area contributed by atoms with E-state index in [0.717, 1.165) is 6.04 Å². The molecule has 2 heterocycles. The Morgan fingerprint density at radius 1 is 1.32 bits per heavy atom. The summed E-state index contributed by atoms with van der Waals surface area (Å²) in [6.45, 7) is 11.2. The van der Waals surface area contributed by atoms with Crippen molar-refractivity contribution in [2.24, 2.45) is 0 Å². The van der Waals surface area contributed by atoms with Gasteiger partial charge in [-0.15, -0.1) is 0 Å². The number of ether oxygens (including phenoxy) is 3. The second-order valence-corrected chi connectivity index (χ2v) is 12.6. The van der Waals surface area contributed by atoms with Crippen LogP contribution in [0.1, 0.15) is 20.3 Å². The maximum atomic E-state index is 12.7. The summed E-state index contributed by atoms with van der Waals surface area (Å²) in [6.07, 6.45) is -0.246. The zero-order valence-electron chi connectivity index (χ0n) is 14.2. The molecule has 126 valence electrons. The molecule has 3 atom stereocenters. The second-order valence-electron chi connectivity index (χ2n) is 7.15. The Labute approximate surface area is 133 Å². The van der Waals surface area contributed by atoms with E-state index >= 15 is 0 Å². The van der Waals surface area contributed by atoms with E-state index < -0.39 is 19.7 Å². The second kappa shape index (κ2) is 6.29. The summed E-state index contributed by atoms with van der Waals surface area (Å²) in [6, 6.07) is 0.476. The third-order valence-corrected chi connectivity index (χ3v) is 5.80. The molecule has 0 saturated carbocycles. The first kappa shape index (κ1) is 17.4. The highest BCUT2D eigenvalue weighted by Gasteiger charge is 2.73. The van der Waals surface area contributed by atoms with Crippen LogP contribution in [-0.2, 0) is 19.0 Å². The quantitative estimate of drug-likeness (QED) is 0.552. The van der Waals surface area contributed by atoms with Crippen molar-refractivity contribution in [1.82, 2.24) is 4.90 Å². The van der Waals surface area contributed by atoms with Crippen LogP contribution in [0.4, 0.5) is 4.79 Å². The van der Waals surface area contributed by atoms with Gasteiger partial charge < -0.3 is 14.2 Å². The normalized spacial score (nSPS) is 31.2. The van der Waals surface area contributed by atoms with Gasteiger partial charge in [0.05, 0.1) is 19.3 Å². The molecule has 0 bridgehead atoms. The largest absolute Gasteiger partial charge is 0.450 e. The van der Waals surface area contributed by atoms with Crippen molar-refractivity contribution >= 4 is 20.0 Å². The van der Waals surface area contributed by atoms with E-state index in [1.54, 1.807) is 11.8 Å². The van der Waals surface area contributed by atoms with E-state index in [1.807, 2.05) is 6.92 Å². The molecule has 0 unspecified atom stereocenters. The van der Waals surface area contributed by atoms with Crippen molar-refractivity contribution in [3.8, 4) is 0 Å². The predicted octanol–water partition coefficient (Wildman–Crippen LogP) is 2.26. The molecule has 2 saturated heterocycles. The van der Waals surface area contributed by atoms with E-state index in [4.69, 9.17) is 14.2 Å². The van der Waals surface area contributed by atoms with Gasteiger partial charge in [0.15, 0.2) is 5.78 Å². The fraction of sp³-hybridized carbons (Fsp3) is 0.867. The molecule has 0 aromatic heterocycles. The summed E-state index contributed by atoms with van der Waals surface area (Å²) in [5.41, 5.74) is -0.760. The predicted molar refractivity (Wildman–Crippen MR) is 84.5 cm³/mol. The van der Waals surface area contributed by atoms with Crippen molar-refractivity contribution in [2.75, 3.05) is 20.0 Å². The van der Waals surface area contributed by atoms with Crippen LogP contribution >= 0.6 is 0 Å². The third kappa shape index (κ3) is 3.07. The van der Waals surface area contributed by atoms with Crippen LogP contribution < -0.4 is 0 Å². The average Bonchev–Trinajstić information content (AvgIpc) is 2.83. The lowest BCUT2D eigenvalue weighted by atomic mass is 9.97. The zero-order chi connectivity index (χ0) is 16.5. The van der Waals surface area contributed by atoms with Gasteiger partial charge in [-0.2, -0.15) is 0 Å². The van der Waals surface area contributed by atoms with Gasteiger partial charge in [-0.3, -0.25) is 9.69 Å². The lowest BCUT2D eigenvalue weighted by molar-refractivity contribution is -0.122. The maximum Gasteiger partial charge on any atom is 0.411 e. The van der Waals surface area contributed by atoms with E-state index in [2.05, 4.69) is 19.6 Å². The van der Waals surface area contributed by atoms with Gasteiger partial charge in [-0.1, -0.05) is 26.6 Å². The van der Waals surface area contributed by atoms with Gasteiger partial charge in [0.1, 0.15) is 18.4 Å². The number of nitrogens with zero attached hydrogens (tertiary/aromatic N) is 1. The lowest BCUT2D eigenvalue weighted by Crippen LogP contribution is -2.41. The lowest BCUT2D eigenvalue weighted by Gasteiger charge is -2.24. The van der Waals surface area contributed by atoms with Crippen molar-refractivity contribution in [3.63, 3.8) is 0 Å². The number of amides is 1. The van der Waals surface area contributed by atoms with Gasteiger partial charge in [-0.05, 0) is 13.0 Å². The molecule has 1 amide bonds. The molecular weight excluding hydrogens is 302 g/mol. The molecule has 0 aromatic carbocycles. The summed E-state index contributed by atoms with van der Waals surface area (Å²) >= 11 is 0. The Hall–Kier alpha value is -0.923. The maximum absolute atomic E-state index is 12.7. The zero-order valence-corrected chi connectivity index (χ0v) is 15.2. The summed E-state index contributed by atoms with van der Waals surface area (Å²) in [7, 11) is -1.58. The first-order valence-electron chi connectivity index (χ1n) is 7.96. The van der Waals surface area contributed by atoms with Crippen molar-refractivity contribution < 1.29 is 23.8 Å². The molecule has 6 nitrogen and oxygen atoms in total. The number of carbonyl (C=O) groups is 2. The number of Topliss-reactive ketones (excluding diaryl/α,β-unsaturated/α-hetero) is 1. The van der Waals surface area contributed by atoms with Gasteiger partial charge in [0.25, 0.3) is 0 Å². The summed E-state index contributed by atoms with van der Waals surface area (Å²) < 4.78 is 16.0. The fourth-order valence-corrected chi connectivity index (χ4v) is 5.72. The number of carbonyl (C=O) groups excluding carboxylic acids is 2. The molecule has 0 N–H and O–H groups in total. The van der Waals surface area contributed by atoms with Crippen molar-refractivity contribution in [2.45, 2.75) is 63.6 Å². The van der Waals surface area contributed by atoms with Crippen LogP contribution in [-0.4, -0.2) is 62.5 Å². The Kier molecular flexibility index (Phi) is 4.99. The van der Waals surface area contributed by atoms with Crippen LogP contribution in [0.2, 0.25) is 25.7 Å². The highest BCUT2D eigenvalue weighted by Crippen LogP contribution is 2.51. The van der Waals surface area contributed by atoms with Crippen LogP contribution in [0.3, 0.4) is 0 Å². The standard InChI is InChI=1S/C15H27NO5Si/c1-6-12(17)15(9-22(3,4)5)13(11-8-19-10-21-11)16(15)14(18)20-7-2/h11,13H,6-10H2,1-5H3/t11-,13-,15-,16?/m1/s1. The van der Waals surface area contributed by atoms with Crippen LogP contribution in [0, 0.1) is 0 Å². The van der Waals surface area contributed by atoms with Crippen LogP contribution in [0.5, 0.6) is 0 Å². The third-order valence-electron chi connectivity index (χ3n) is 4.20. The van der Waals surface area contributed by atoms with Crippen molar-refractivity contribution in [1.29, 1.82) is 0 Å². The van der Waals surface area contributed by atoms with Gasteiger partial charge in [0.2, 0.25) is 0 Å². The molecule has 7 heteroatoms. The van der Waals surface area contributed by atoms with Crippen LogP contribution in [0.25, 0.3) is 0 Å². The van der Waals surface area contributed by atoms with E-state index in [9.17, 15) is 9.59 Å². The van der Waals surface area contributed by atoms with Crippen LogP contribution in [0.15, 0.2) is 0 Å². The summed E-state index contributed by atoms with van der Waals surface area (Å²) in [4.78, 5) is 26.7. The highest BCUT2D eigenvalue weighted by molar-refractivity contribution is 6.76. The van der Waals surface area contributed by atoms with E-state index in [-0.39, 0.29) is 24.7 Å². The topological polar surface area (TPSA) is 64.8 Å². The molecular formula is C15H27NO5Si. The minimum absolute atomic E-state index is 0.100. The van der Waals surface area contributed by atoms with E-state index in [0.29, 0.717) is 19.6 Å². The minimum Gasteiger partial charge on any atom is -0.450 e. The van der Waals surface area contributed by atoms with E-state index in [1.165, 1.54) is 0 Å². The fourth-order valence-electron chi connectivity index (χ4n) is 3.53. The Morgan fingerprint density at radius 3 is 2.45 bits per heavy atom. The molecule has 2 fully saturated rings. The Bertz CT molecular complexity index is 444. The molecule has 0 aromatic rings. The number of hydrogen-bond acceptors (Lipinski definition) is 5. The molecule has 0 radical (unpaired) electrons. The Balaban J connectivity index is 2.33. The molecule has 2 aliphatic rings.